The predicted molar refractivity (Wildman–Crippen MR) is 81.3 cm³/mol. The van der Waals surface area contributed by atoms with E-state index in [0.29, 0.717) is 5.56 Å². The molecule has 0 radical (unpaired) electrons. The Hall–Kier alpha value is -2.17. The number of esters is 2. The molecule has 0 aliphatic heterocycles. The molecule has 22 heavy (non-hydrogen) atoms. The standard InChI is InChI=1S/C17H22O5/c1-11(2)21-15(18)10-14(17(20)22-12(3)4)16(19)13-8-6-5-7-9-13/h5-9,11-12,14H,10H2,1-4H3. The van der Waals surface area contributed by atoms with E-state index in [-0.39, 0.29) is 18.6 Å². The monoisotopic (exact) mass is 306 g/mol. The second-order valence-corrected chi connectivity index (χ2v) is 5.51. The van der Waals surface area contributed by atoms with Crippen molar-refractivity contribution in [3.8, 4) is 0 Å². The third-order valence-electron chi connectivity index (χ3n) is 2.75. The second kappa shape index (κ2) is 8.32. The summed E-state index contributed by atoms with van der Waals surface area (Å²) in [7, 11) is 0. The molecule has 0 N–H and O–H groups in total. The van der Waals surface area contributed by atoms with Crippen LogP contribution in [0.2, 0.25) is 0 Å². The number of carbonyl (C=O) groups is 3. The molecule has 0 amide bonds. The van der Waals surface area contributed by atoms with Crippen LogP contribution >= 0.6 is 0 Å². The van der Waals surface area contributed by atoms with Crippen molar-refractivity contribution in [3.63, 3.8) is 0 Å². The van der Waals surface area contributed by atoms with Gasteiger partial charge in [-0.15, -0.1) is 0 Å². The highest BCUT2D eigenvalue weighted by molar-refractivity contribution is 6.10. The van der Waals surface area contributed by atoms with Crippen LogP contribution in [0.4, 0.5) is 0 Å². The lowest BCUT2D eigenvalue weighted by atomic mass is 9.94. The molecule has 5 heteroatoms. The molecule has 0 aliphatic carbocycles. The highest BCUT2D eigenvalue weighted by Gasteiger charge is 2.32. The maximum atomic E-state index is 12.5. The molecule has 0 aromatic heterocycles. The van der Waals surface area contributed by atoms with Gasteiger partial charge >= 0.3 is 11.9 Å². The van der Waals surface area contributed by atoms with Gasteiger partial charge in [0.2, 0.25) is 0 Å². The molecule has 0 spiro atoms. The summed E-state index contributed by atoms with van der Waals surface area (Å²) in [6.45, 7) is 6.79. The summed E-state index contributed by atoms with van der Waals surface area (Å²) >= 11 is 0. The van der Waals surface area contributed by atoms with E-state index < -0.39 is 23.6 Å². The lowest BCUT2D eigenvalue weighted by Crippen LogP contribution is -2.31. The van der Waals surface area contributed by atoms with Gasteiger partial charge in [0, 0.05) is 5.56 Å². The predicted octanol–water partition coefficient (Wildman–Crippen LogP) is 2.78. The fraction of sp³-hybridized carbons (Fsp3) is 0.471. The van der Waals surface area contributed by atoms with E-state index in [1.807, 2.05) is 0 Å². The number of carbonyl (C=O) groups excluding carboxylic acids is 3. The molecule has 1 aromatic carbocycles. The normalized spacial score (nSPS) is 12.1. The molecule has 0 bridgehead atoms. The number of benzene rings is 1. The van der Waals surface area contributed by atoms with Gasteiger partial charge in [0.15, 0.2) is 5.78 Å². The zero-order chi connectivity index (χ0) is 16.7. The zero-order valence-corrected chi connectivity index (χ0v) is 13.4. The van der Waals surface area contributed by atoms with Crippen LogP contribution in [0, 0.1) is 5.92 Å². The Balaban J connectivity index is 2.93. The Morgan fingerprint density at radius 2 is 1.45 bits per heavy atom. The topological polar surface area (TPSA) is 69.7 Å². The van der Waals surface area contributed by atoms with Crippen molar-refractivity contribution in [3.05, 3.63) is 35.9 Å². The van der Waals surface area contributed by atoms with Crippen molar-refractivity contribution in [2.75, 3.05) is 0 Å². The summed E-state index contributed by atoms with van der Waals surface area (Å²) in [6.07, 6.45) is -0.988. The quantitative estimate of drug-likeness (QED) is 0.440. The van der Waals surface area contributed by atoms with Crippen molar-refractivity contribution in [2.24, 2.45) is 5.92 Å². The van der Waals surface area contributed by atoms with Gasteiger partial charge in [0.25, 0.3) is 0 Å². The molecule has 1 atom stereocenters. The first kappa shape index (κ1) is 17.9. The van der Waals surface area contributed by atoms with E-state index in [1.54, 1.807) is 58.0 Å². The van der Waals surface area contributed by atoms with Gasteiger partial charge < -0.3 is 9.47 Å². The molecule has 1 unspecified atom stereocenters. The number of Topliss-reactive ketones (excluding diaryl/α,β-unsaturated/α-hetero) is 1. The lowest BCUT2D eigenvalue weighted by molar-refractivity contribution is -0.157. The van der Waals surface area contributed by atoms with Crippen LogP contribution in [0.25, 0.3) is 0 Å². The average Bonchev–Trinajstić information content (AvgIpc) is 2.43. The molecule has 5 nitrogen and oxygen atoms in total. The Morgan fingerprint density at radius 1 is 0.909 bits per heavy atom. The van der Waals surface area contributed by atoms with Crippen LogP contribution in [0.3, 0.4) is 0 Å². The van der Waals surface area contributed by atoms with Gasteiger partial charge in [-0.25, -0.2) is 0 Å². The maximum Gasteiger partial charge on any atom is 0.317 e. The Labute approximate surface area is 130 Å². The minimum Gasteiger partial charge on any atom is -0.463 e. The van der Waals surface area contributed by atoms with Crippen molar-refractivity contribution in [1.82, 2.24) is 0 Å². The first-order chi connectivity index (χ1) is 10.3. The number of hydrogen-bond acceptors (Lipinski definition) is 5. The van der Waals surface area contributed by atoms with Crippen molar-refractivity contribution in [1.29, 1.82) is 0 Å². The minimum atomic E-state index is -1.18. The summed E-state index contributed by atoms with van der Waals surface area (Å²) in [5.74, 6) is -2.92. The van der Waals surface area contributed by atoms with E-state index >= 15 is 0 Å². The molecule has 0 fully saturated rings. The molecule has 0 heterocycles. The van der Waals surface area contributed by atoms with Gasteiger partial charge in [-0.05, 0) is 27.7 Å². The molecular formula is C17H22O5. The van der Waals surface area contributed by atoms with Gasteiger partial charge in [0.1, 0.15) is 5.92 Å². The van der Waals surface area contributed by atoms with Crippen molar-refractivity contribution < 1.29 is 23.9 Å². The second-order valence-electron chi connectivity index (χ2n) is 5.51. The van der Waals surface area contributed by atoms with Crippen LogP contribution < -0.4 is 0 Å². The summed E-state index contributed by atoms with van der Waals surface area (Å²) in [6, 6.07) is 8.37. The first-order valence-corrected chi connectivity index (χ1v) is 7.30. The molecule has 0 saturated heterocycles. The van der Waals surface area contributed by atoms with Crippen LogP contribution in [0.1, 0.15) is 44.5 Å². The summed E-state index contributed by atoms with van der Waals surface area (Å²) in [5, 5.41) is 0. The fourth-order valence-corrected chi connectivity index (χ4v) is 1.88. The van der Waals surface area contributed by atoms with Crippen LogP contribution in [-0.2, 0) is 19.1 Å². The molecule has 1 aromatic rings. The maximum absolute atomic E-state index is 12.5. The highest BCUT2D eigenvalue weighted by atomic mass is 16.5. The van der Waals surface area contributed by atoms with E-state index in [9.17, 15) is 14.4 Å². The number of rotatable bonds is 7. The summed E-state index contributed by atoms with van der Waals surface area (Å²) < 4.78 is 10.1. The van der Waals surface area contributed by atoms with Crippen LogP contribution in [-0.4, -0.2) is 29.9 Å². The SMILES string of the molecule is CC(C)OC(=O)CC(C(=O)OC(C)C)C(=O)c1ccccc1. The average molecular weight is 306 g/mol. The Bertz CT molecular complexity index is 519. The fourth-order valence-electron chi connectivity index (χ4n) is 1.88. The number of ketones is 1. The Morgan fingerprint density at radius 3 is 1.95 bits per heavy atom. The van der Waals surface area contributed by atoms with Crippen molar-refractivity contribution >= 4 is 17.7 Å². The first-order valence-electron chi connectivity index (χ1n) is 7.30. The molecule has 0 aliphatic rings. The molecule has 0 saturated carbocycles. The Kier molecular flexibility index (Phi) is 6.76. The van der Waals surface area contributed by atoms with E-state index in [1.165, 1.54) is 0 Å². The number of hydrogen-bond donors (Lipinski definition) is 0. The van der Waals surface area contributed by atoms with Crippen molar-refractivity contribution in [2.45, 2.75) is 46.3 Å². The van der Waals surface area contributed by atoms with Gasteiger partial charge in [-0.2, -0.15) is 0 Å². The minimum absolute atomic E-state index is 0.305. The van der Waals surface area contributed by atoms with E-state index in [4.69, 9.17) is 9.47 Å². The largest absolute Gasteiger partial charge is 0.463 e. The third kappa shape index (κ3) is 5.68. The van der Waals surface area contributed by atoms with Crippen LogP contribution in [0.15, 0.2) is 30.3 Å². The highest BCUT2D eigenvalue weighted by Crippen LogP contribution is 2.17. The zero-order valence-electron chi connectivity index (χ0n) is 13.4. The summed E-state index contributed by atoms with van der Waals surface area (Å²) in [4.78, 5) is 36.4. The lowest BCUT2D eigenvalue weighted by Gasteiger charge is -2.17. The van der Waals surface area contributed by atoms with Gasteiger partial charge in [0.05, 0.1) is 18.6 Å². The number of ether oxygens (including phenoxy) is 2. The molecular weight excluding hydrogens is 284 g/mol. The van der Waals surface area contributed by atoms with Crippen LogP contribution in [0.5, 0.6) is 0 Å². The smallest absolute Gasteiger partial charge is 0.317 e. The van der Waals surface area contributed by atoms with Gasteiger partial charge in [-0.3, -0.25) is 14.4 Å². The molecule has 1 rings (SSSR count). The third-order valence-corrected chi connectivity index (χ3v) is 2.75. The summed E-state index contributed by atoms with van der Waals surface area (Å²) in [5.41, 5.74) is 0.366. The van der Waals surface area contributed by atoms with E-state index in [0.717, 1.165) is 0 Å². The van der Waals surface area contributed by atoms with E-state index in [2.05, 4.69) is 0 Å². The molecule has 120 valence electrons. The van der Waals surface area contributed by atoms with Gasteiger partial charge in [-0.1, -0.05) is 30.3 Å².